The lowest BCUT2D eigenvalue weighted by Gasteiger charge is -2.24. The van der Waals surface area contributed by atoms with Crippen LogP contribution in [0.4, 0.5) is 5.69 Å². The van der Waals surface area contributed by atoms with Gasteiger partial charge in [0.1, 0.15) is 0 Å². The summed E-state index contributed by atoms with van der Waals surface area (Å²) in [6.45, 7) is 3.64. The van der Waals surface area contributed by atoms with Crippen LogP contribution in [0.3, 0.4) is 0 Å². The molecule has 7 nitrogen and oxygen atoms in total. The van der Waals surface area contributed by atoms with Gasteiger partial charge in [0.15, 0.2) is 0 Å². The lowest BCUT2D eigenvalue weighted by Crippen LogP contribution is -2.31. The first-order chi connectivity index (χ1) is 20.0. The van der Waals surface area contributed by atoms with E-state index in [0.29, 0.717) is 36.5 Å². The first kappa shape index (κ1) is 28.3. The molecule has 1 N–H and O–H groups in total. The van der Waals surface area contributed by atoms with Crippen molar-refractivity contribution < 1.29 is 9.59 Å². The molecule has 0 aliphatic rings. The predicted octanol–water partition coefficient (Wildman–Crippen LogP) is 6.78. The number of aromatic nitrogens is 2. The van der Waals surface area contributed by atoms with E-state index in [1.54, 1.807) is 36.0 Å². The van der Waals surface area contributed by atoms with Crippen LogP contribution in [0.25, 0.3) is 10.1 Å². The van der Waals surface area contributed by atoms with Crippen molar-refractivity contribution in [2.75, 3.05) is 11.4 Å². The molecule has 208 valence electrons. The van der Waals surface area contributed by atoms with Crippen LogP contribution in [0, 0.1) is 11.3 Å². The number of unbranched alkanes of at least 4 members (excludes halogenated alkanes) is 1. The van der Waals surface area contributed by atoms with Gasteiger partial charge in [-0.1, -0.05) is 31.5 Å². The van der Waals surface area contributed by atoms with Crippen molar-refractivity contribution in [1.29, 1.82) is 5.26 Å². The number of carbonyl (C=O) groups excluding carboxylic acids is 2. The summed E-state index contributed by atoms with van der Waals surface area (Å²) in [4.78, 5) is 34.4. The second kappa shape index (κ2) is 13.4. The minimum Gasteiger partial charge on any atom is -0.351 e. The number of nitrogens with zero attached hydrogens (tertiary/aromatic N) is 4. The van der Waals surface area contributed by atoms with Gasteiger partial charge >= 0.3 is 0 Å². The molecule has 0 radical (unpaired) electrons. The molecular weight excluding hydrogens is 551 g/mol. The van der Waals surface area contributed by atoms with Crippen LogP contribution in [-0.2, 0) is 24.3 Å². The quantitative estimate of drug-likeness (QED) is 0.176. The SMILES string of the molecule is CCCCC(=O)N(Cc1cncn1Cc1ccc(C#N)cc1)c1ccc2sc(C(=O)NCCc3cccs3)cc2c1. The highest BCUT2D eigenvalue weighted by molar-refractivity contribution is 7.20. The third-order valence-corrected chi connectivity index (χ3v) is 8.92. The fourth-order valence-electron chi connectivity index (χ4n) is 4.60. The van der Waals surface area contributed by atoms with Gasteiger partial charge in [0.2, 0.25) is 5.91 Å². The van der Waals surface area contributed by atoms with Gasteiger partial charge in [-0.3, -0.25) is 9.59 Å². The molecule has 0 aliphatic carbocycles. The summed E-state index contributed by atoms with van der Waals surface area (Å²) in [6.07, 6.45) is 6.59. The van der Waals surface area contributed by atoms with E-state index < -0.39 is 0 Å². The van der Waals surface area contributed by atoms with Crippen molar-refractivity contribution in [3.05, 3.63) is 105 Å². The molecule has 5 rings (SSSR count). The maximum absolute atomic E-state index is 13.4. The number of hydrogen-bond acceptors (Lipinski definition) is 6. The van der Waals surface area contributed by atoms with E-state index in [1.165, 1.54) is 16.2 Å². The molecule has 3 aromatic heterocycles. The van der Waals surface area contributed by atoms with Gasteiger partial charge in [-0.05, 0) is 71.6 Å². The zero-order valence-corrected chi connectivity index (χ0v) is 24.5. The fraction of sp³-hybridized carbons (Fsp3) is 0.250. The molecule has 2 aromatic carbocycles. The van der Waals surface area contributed by atoms with Gasteiger partial charge in [-0.2, -0.15) is 5.26 Å². The summed E-state index contributed by atoms with van der Waals surface area (Å²) in [5.41, 5.74) is 3.38. The molecule has 0 spiro atoms. The minimum absolute atomic E-state index is 0.0547. The van der Waals surface area contributed by atoms with Crippen LogP contribution in [0.15, 0.2) is 78.6 Å². The summed E-state index contributed by atoms with van der Waals surface area (Å²) in [5.74, 6) is -0.0222. The smallest absolute Gasteiger partial charge is 0.261 e. The topological polar surface area (TPSA) is 91.0 Å². The van der Waals surface area contributed by atoms with Gasteiger partial charge in [0, 0.05) is 41.0 Å². The molecule has 3 heterocycles. The van der Waals surface area contributed by atoms with Gasteiger partial charge in [-0.25, -0.2) is 4.98 Å². The molecule has 9 heteroatoms. The van der Waals surface area contributed by atoms with Crippen LogP contribution >= 0.6 is 22.7 Å². The summed E-state index contributed by atoms with van der Waals surface area (Å²) in [6, 6.07) is 21.6. The van der Waals surface area contributed by atoms with Gasteiger partial charge in [0.25, 0.3) is 5.91 Å². The number of hydrogen-bond donors (Lipinski definition) is 1. The first-order valence-electron chi connectivity index (χ1n) is 13.7. The Morgan fingerprint density at radius 3 is 2.73 bits per heavy atom. The van der Waals surface area contributed by atoms with Crippen LogP contribution in [0.2, 0.25) is 0 Å². The van der Waals surface area contributed by atoms with Crippen LogP contribution in [0.5, 0.6) is 0 Å². The number of anilines is 1. The van der Waals surface area contributed by atoms with Crippen LogP contribution in [-0.4, -0.2) is 27.9 Å². The summed E-state index contributed by atoms with van der Waals surface area (Å²) in [7, 11) is 0. The molecule has 0 saturated carbocycles. The second-order valence-electron chi connectivity index (χ2n) is 9.82. The van der Waals surface area contributed by atoms with Crippen molar-refractivity contribution >= 4 is 50.3 Å². The second-order valence-corrected chi connectivity index (χ2v) is 11.9. The predicted molar refractivity (Wildman–Crippen MR) is 165 cm³/mol. The number of benzene rings is 2. The molecule has 0 atom stereocenters. The molecular formula is C32H31N5O2S2. The molecule has 0 saturated heterocycles. The van der Waals surface area contributed by atoms with Gasteiger partial charge in [0.05, 0.1) is 35.1 Å². The third-order valence-electron chi connectivity index (χ3n) is 6.87. The van der Waals surface area contributed by atoms with Crippen molar-refractivity contribution in [3.8, 4) is 6.07 Å². The Labute approximate surface area is 247 Å². The monoisotopic (exact) mass is 581 g/mol. The highest BCUT2D eigenvalue weighted by Crippen LogP contribution is 2.31. The lowest BCUT2D eigenvalue weighted by molar-refractivity contribution is -0.118. The number of imidazole rings is 1. The van der Waals surface area contributed by atoms with Crippen molar-refractivity contribution in [2.24, 2.45) is 0 Å². The Kier molecular flexibility index (Phi) is 9.24. The van der Waals surface area contributed by atoms with Gasteiger partial charge < -0.3 is 14.8 Å². The number of thiophene rings is 2. The van der Waals surface area contributed by atoms with Crippen LogP contribution in [0.1, 0.15) is 57.6 Å². The van der Waals surface area contributed by atoms with Crippen molar-refractivity contribution in [3.63, 3.8) is 0 Å². The number of rotatable bonds is 12. The van der Waals surface area contributed by atoms with E-state index >= 15 is 0 Å². The van der Waals surface area contributed by atoms with Crippen LogP contribution < -0.4 is 10.2 Å². The van der Waals surface area contributed by atoms with Crippen molar-refractivity contribution in [2.45, 2.75) is 45.7 Å². The number of carbonyl (C=O) groups is 2. The third kappa shape index (κ3) is 7.09. The Morgan fingerprint density at radius 2 is 1.98 bits per heavy atom. The van der Waals surface area contributed by atoms with E-state index in [1.807, 2.05) is 57.3 Å². The van der Waals surface area contributed by atoms with E-state index in [2.05, 4.69) is 29.4 Å². The fourth-order valence-corrected chi connectivity index (χ4v) is 6.27. The minimum atomic E-state index is -0.0770. The highest BCUT2D eigenvalue weighted by atomic mass is 32.1. The van der Waals surface area contributed by atoms with E-state index in [0.717, 1.165) is 46.3 Å². The summed E-state index contributed by atoms with van der Waals surface area (Å²) >= 11 is 3.15. The normalized spacial score (nSPS) is 10.9. The Bertz CT molecular complexity index is 1660. The average molecular weight is 582 g/mol. The largest absolute Gasteiger partial charge is 0.351 e. The molecule has 0 aliphatic heterocycles. The number of fused-ring (bicyclic) bond motifs is 1. The van der Waals surface area contributed by atoms with E-state index in [-0.39, 0.29) is 11.8 Å². The Hall–Kier alpha value is -4.26. The maximum Gasteiger partial charge on any atom is 0.261 e. The average Bonchev–Trinajstić information content (AvgIpc) is 3.76. The number of nitriles is 1. The Balaban J connectivity index is 1.34. The first-order valence-corrected chi connectivity index (χ1v) is 15.4. The maximum atomic E-state index is 13.4. The van der Waals surface area contributed by atoms with Crippen molar-refractivity contribution in [1.82, 2.24) is 14.9 Å². The molecule has 2 amide bonds. The van der Waals surface area contributed by atoms with E-state index in [9.17, 15) is 9.59 Å². The number of amides is 2. The summed E-state index contributed by atoms with van der Waals surface area (Å²) < 4.78 is 3.03. The Morgan fingerprint density at radius 1 is 1.12 bits per heavy atom. The molecule has 0 bridgehead atoms. The van der Waals surface area contributed by atoms with E-state index in [4.69, 9.17) is 5.26 Å². The van der Waals surface area contributed by atoms with Gasteiger partial charge in [-0.15, -0.1) is 22.7 Å². The number of nitrogens with one attached hydrogen (secondary N) is 1. The lowest BCUT2D eigenvalue weighted by atomic mass is 10.1. The zero-order chi connectivity index (χ0) is 28.6. The molecule has 41 heavy (non-hydrogen) atoms. The standard InChI is InChI=1S/C32H31N5O2S2/c1-2-3-6-31(38)37(21-27-19-34-22-36(27)20-24-9-7-23(18-33)8-10-24)26-11-12-29-25(16-26)17-30(41-29)32(39)35-14-13-28-5-4-15-40-28/h4-5,7-12,15-17,19,22H,2-3,6,13-14,20-21H2,1H3,(H,35,39). The molecule has 0 fully saturated rings. The summed E-state index contributed by atoms with van der Waals surface area (Å²) in [5, 5.41) is 15.1. The molecule has 5 aromatic rings. The molecule has 0 unspecified atom stereocenters. The highest BCUT2D eigenvalue weighted by Gasteiger charge is 2.19. The zero-order valence-electron chi connectivity index (χ0n) is 22.9.